The number of hydrogen-bond acceptors (Lipinski definition) is 2. The van der Waals surface area contributed by atoms with E-state index in [0.29, 0.717) is 13.1 Å². The minimum atomic E-state index is -0.560. The molecule has 3 nitrogen and oxygen atoms in total. The van der Waals surface area contributed by atoms with Gasteiger partial charge in [0.05, 0.1) is 6.61 Å². The van der Waals surface area contributed by atoms with Crippen molar-refractivity contribution in [3.8, 4) is 0 Å². The fraction of sp³-hybridized carbons (Fsp3) is 0.417. The van der Waals surface area contributed by atoms with Gasteiger partial charge in [-0.05, 0) is 12.5 Å². The highest BCUT2D eigenvalue weighted by Crippen LogP contribution is 2.08. The number of halogens is 1. The maximum atomic E-state index is 11.7. The summed E-state index contributed by atoms with van der Waals surface area (Å²) in [5.41, 5.74) is 1.03. The van der Waals surface area contributed by atoms with Crippen molar-refractivity contribution in [2.24, 2.45) is 0 Å². The Labute approximate surface area is 101 Å². The van der Waals surface area contributed by atoms with Gasteiger partial charge in [-0.2, -0.15) is 0 Å². The van der Waals surface area contributed by atoms with Crippen LogP contribution in [0.4, 0.5) is 0 Å². The number of carbonyl (C=O) groups excluding carboxylic acids is 1. The van der Waals surface area contributed by atoms with E-state index in [0.717, 1.165) is 5.56 Å². The van der Waals surface area contributed by atoms with Gasteiger partial charge in [-0.1, -0.05) is 30.3 Å². The van der Waals surface area contributed by atoms with E-state index in [4.69, 9.17) is 16.7 Å². The van der Waals surface area contributed by atoms with Crippen LogP contribution >= 0.6 is 11.6 Å². The molecule has 0 saturated carbocycles. The second kappa shape index (κ2) is 6.51. The first-order valence-electron chi connectivity index (χ1n) is 5.22. The molecule has 0 saturated heterocycles. The van der Waals surface area contributed by atoms with E-state index < -0.39 is 5.38 Å². The van der Waals surface area contributed by atoms with Gasteiger partial charge in [0.2, 0.25) is 5.91 Å². The molecule has 0 radical (unpaired) electrons. The average Bonchev–Trinajstić information content (AvgIpc) is 2.29. The zero-order valence-corrected chi connectivity index (χ0v) is 10.0. The quantitative estimate of drug-likeness (QED) is 0.797. The molecule has 0 aliphatic rings. The summed E-state index contributed by atoms with van der Waals surface area (Å²) in [4.78, 5) is 13.3. The Kier molecular flexibility index (Phi) is 5.29. The maximum absolute atomic E-state index is 11.7. The van der Waals surface area contributed by atoms with Crippen LogP contribution < -0.4 is 0 Å². The molecule has 88 valence electrons. The Bertz CT molecular complexity index is 327. The van der Waals surface area contributed by atoms with Gasteiger partial charge in [-0.15, -0.1) is 11.6 Å². The highest BCUT2D eigenvalue weighted by atomic mass is 35.5. The van der Waals surface area contributed by atoms with Crippen LogP contribution in [-0.4, -0.2) is 34.4 Å². The number of rotatable bonds is 5. The highest BCUT2D eigenvalue weighted by molar-refractivity contribution is 6.30. The Morgan fingerprint density at radius 2 is 2.06 bits per heavy atom. The molecule has 1 aromatic rings. The van der Waals surface area contributed by atoms with Crippen molar-refractivity contribution < 1.29 is 9.90 Å². The summed E-state index contributed by atoms with van der Waals surface area (Å²) >= 11 is 5.75. The maximum Gasteiger partial charge on any atom is 0.240 e. The van der Waals surface area contributed by atoms with Crippen molar-refractivity contribution >= 4 is 17.5 Å². The Morgan fingerprint density at radius 3 is 2.56 bits per heavy atom. The molecule has 0 aliphatic carbocycles. The summed E-state index contributed by atoms with van der Waals surface area (Å²) in [7, 11) is 0. The molecule has 0 aliphatic heterocycles. The molecule has 0 spiro atoms. The minimum absolute atomic E-state index is 0.0534. The first-order valence-corrected chi connectivity index (χ1v) is 5.66. The zero-order chi connectivity index (χ0) is 12.0. The molecule has 1 amide bonds. The predicted molar refractivity (Wildman–Crippen MR) is 64.3 cm³/mol. The van der Waals surface area contributed by atoms with Crippen molar-refractivity contribution in [3.05, 3.63) is 35.9 Å². The summed E-state index contributed by atoms with van der Waals surface area (Å²) in [6.07, 6.45) is 0. The molecule has 1 aromatic carbocycles. The zero-order valence-electron chi connectivity index (χ0n) is 9.27. The fourth-order valence-electron chi connectivity index (χ4n) is 1.44. The van der Waals surface area contributed by atoms with Crippen molar-refractivity contribution in [1.29, 1.82) is 0 Å². The Hall–Kier alpha value is -1.06. The third-order valence-electron chi connectivity index (χ3n) is 2.24. The molecule has 16 heavy (non-hydrogen) atoms. The van der Waals surface area contributed by atoms with E-state index in [9.17, 15) is 4.79 Å². The lowest BCUT2D eigenvalue weighted by atomic mass is 10.2. The Morgan fingerprint density at radius 1 is 1.44 bits per heavy atom. The van der Waals surface area contributed by atoms with Gasteiger partial charge in [-0.3, -0.25) is 4.79 Å². The predicted octanol–water partition coefficient (Wildman–Crippen LogP) is 1.63. The molecule has 0 fully saturated rings. The number of carbonyl (C=O) groups is 1. The molecule has 1 unspecified atom stereocenters. The average molecular weight is 242 g/mol. The molecule has 1 rings (SSSR count). The molecule has 1 N–H and O–H groups in total. The summed E-state index contributed by atoms with van der Waals surface area (Å²) < 4.78 is 0. The molecule has 0 heterocycles. The number of amides is 1. The second-order valence-electron chi connectivity index (χ2n) is 3.59. The summed E-state index contributed by atoms with van der Waals surface area (Å²) in [5.74, 6) is -0.153. The number of aliphatic hydroxyl groups is 1. The van der Waals surface area contributed by atoms with Gasteiger partial charge >= 0.3 is 0 Å². The number of alkyl halides is 1. The number of benzene rings is 1. The molecule has 1 atom stereocenters. The highest BCUT2D eigenvalue weighted by Gasteiger charge is 2.17. The summed E-state index contributed by atoms with van der Waals surface area (Å²) in [5, 5.41) is 8.35. The third-order valence-corrected chi connectivity index (χ3v) is 2.42. The van der Waals surface area contributed by atoms with E-state index in [1.54, 1.807) is 11.8 Å². The lowest BCUT2D eigenvalue weighted by Gasteiger charge is -2.23. The van der Waals surface area contributed by atoms with Crippen LogP contribution in [-0.2, 0) is 11.3 Å². The van der Waals surface area contributed by atoms with E-state index in [1.165, 1.54) is 0 Å². The first kappa shape index (κ1) is 13.0. The van der Waals surface area contributed by atoms with Crippen molar-refractivity contribution in [2.45, 2.75) is 18.8 Å². The smallest absolute Gasteiger partial charge is 0.240 e. The van der Waals surface area contributed by atoms with E-state index in [1.807, 2.05) is 30.3 Å². The number of aliphatic hydroxyl groups excluding tert-OH is 1. The number of nitrogens with zero attached hydrogens (tertiary/aromatic N) is 1. The van der Waals surface area contributed by atoms with Crippen LogP contribution in [0.15, 0.2) is 30.3 Å². The number of hydrogen-bond donors (Lipinski definition) is 1. The molecular formula is C12H16ClNO2. The van der Waals surface area contributed by atoms with Gasteiger partial charge in [0, 0.05) is 13.1 Å². The van der Waals surface area contributed by atoms with Crippen molar-refractivity contribution in [1.82, 2.24) is 4.90 Å². The van der Waals surface area contributed by atoms with Gasteiger partial charge in [-0.25, -0.2) is 0 Å². The van der Waals surface area contributed by atoms with E-state index >= 15 is 0 Å². The van der Waals surface area contributed by atoms with Crippen LogP contribution in [0.2, 0.25) is 0 Å². The van der Waals surface area contributed by atoms with E-state index in [-0.39, 0.29) is 12.5 Å². The Balaban J connectivity index is 2.68. The molecular weight excluding hydrogens is 226 g/mol. The minimum Gasteiger partial charge on any atom is -0.395 e. The molecule has 0 aromatic heterocycles. The summed E-state index contributed by atoms with van der Waals surface area (Å²) in [6.45, 7) is 2.38. The van der Waals surface area contributed by atoms with Crippen molar-refractivity contribution in [2.75, 3.05) is 13.2 Å². The van der Waals surface area contributed by atoms with E-state index in [2.05, 4.69) is 0 Å². The SMILES string of the molecule is CC(Cl)C(=O)N(CCO)Cc1ccccc1. The standard InChI is InChI=1S/C12H16ClNO2/c1-10(13)12(16)14(7-8-15)9-11-5-3-2-4-6-11/h2-6,10,15H,7-9H2,1H3. The third kappa shape index (κ3) is 3.83. The van der Waals surface area contributed by atoms with Gasteiger partial charge in [0.25, 0.3) is 0 Å². The van der Waals surface area contributed by atoms with Crippen LogP contribution in [0.1, 0.15) is 12.5 Å². The van der Waals surface area contributed by atoms with Gasteiger partial charge in [0.1, 0.15) is 5.38 Å². The van der Waals surface area contributed by atoms with Crippen LogP contribution in [0, 0.1) is 0 Å². The van der Waals surface area contributed by atoms with Crippen LogP contribution in [0.3, 0.4) is 0 Å². The first-order chi connectivity index (χ1) is 7.65. The largest absolute Gasteiger partial charge is 0.395 e. The van der Waals surface area contributed by atoms with Crippen molar-refractivity contribution in [3.63, 3.8) is 0 Å². The molecule has 0 bridgehead atoms. The normalized spacial score (nSPS) is 12.2. The monoisotopic (exact) mass is 241 g/mol. The lowest BCUT2D eigenvalue weighted by Crippen LogP contribution is -2.37. The second-order valence-corrected chi connectivity index (χ2v) is 4.24. The fourth-order valence-corrected chi connectivity index (χ4v) is 1.58. The summed E-state index contributed by atoms with van der Waals surface area (Å²) in [6, 6.07) is 9.64. The van der Waals surface area contributed by atoms with Crippen LogP contribution in [0.25, 0.3) is 0 Å². The van der Waals surface area contributed by atoms with Crippen LogP contribution in [0.5, 0.6) is 0 Å². The van der Waals surface area contributed by atoms with Gasteiger partial charge < -0.3 is 10.0 Å². The van der Waals surface area contributed by atoms with Gasteiger partial charge in [0.15, 0.2) is 0 Å². The molecule has 4 heteroatoms. The topological polar surface area (TPSA) is 40.5 Å². The lowest BCUT2D eigenvalue weighted by molar-refractivity contribution is -0.131.